The molecule has 0 bridgehead atoms. The number of carbonyl (C=O) groups is 3. The SMILES string of the molecule is CCC(=O)c1ccsc1NC(=O)C[C@H]1Nc2cc(C)c(C)cc2NC1=O. The first-order valence-corrected chi connectivity index (χ1v) is 9.36. The van der Waals surface area contributed by atoms with Crippen molar-refractivity contribution in [2.75, 3.05) is 16.0 Å². The second-order valence-corrected chi connectivity index (χ2v) is 7.28. The Balaban J connectivity index is 1.70. The molecular weight excluding hydrogens is 350 g/mol. The Bertz CT molecular complexity index is 888. The Hall–Kier alpha value is -2.67. The van der Waals surface area contributed by atoms with Gasteiger partial charge in [-0.15, -0.1) is 11.3 Å². The number of fused-ring (bicyclic) bond motifs is 1. The standard InChI is InChI=1S/C19H21N3O3S/c1-4-16(23)12-5-6-26-19(12)22-17(24)9-15-18(25)21-14-8-11(3)10(2)7-13(14)20-15/h5-8,15,20H,4,9H2,1-3H3,(H,21,25)(H,22,24)/t15-/m1/s1. The highest BCUT2D eigenvalue weighted by molar-refractivity contribution is 7.14. The van der Waals surface area contributed by atoms with Crippen LogP contribution in [-0.4, -0.2) is 23.6 Å². The summed E-state index contributed by atoms with van der Waals surface area (Å²) in [5.41, 5.74) is 4.25. The van der Waals surface area contributed by atoms with Gasteiger partial charge in [0.2, 0.25) is 11.8 Å². The van der Waals surface area contributed by atoms with Crippen LogP contribution in [0.1, 0.15) is 41.3 Å². The predicted octanol–water partition coefficient (Wildman–Crippen LogP) is 3.72. The van der Waals surface area contributed by atoms with Crippen molar-refractivity contribution in [2.24, 2.45) is 0 Å². The van der Waals surface area contributed by atoms with E-state index in [1.165, 1.54) is 11.3 Å². The molecule has 0 saturated carbocycles. The van der Waals surface area contributed by atoms with Gasteiger partial charge in [-0.1, -0.05) is 6.92 Å². The van der Waals surface area contributed by atoms with E-state index in [1.807, 2.05) is 26.0 Å². The van der Waals surface area contributed by atoms with Gasteiger partial charge in [0, 0.05) is 6.42 Å². The maximum Gasteiger partial charge on any atom is 0.247 e. The Kier molecular flexibility index (Phi) is 5.08. The largest absolute Gasteiger partial charge is 0.372 e. The molecule has 3 N–H and O–H groups in total. The summed E-state index contributed by atoms with van der Waals surface area (Å²) in [6, 6.07) is 4.93. The van der Waals surface area contributed by atoms with Gasteiger partial charge in [-0.25, -0.2) is 0 Å². The van der Waals surface area contributed by atoms with Gasteiger partial charge in [0.15, 0.2) is 5.78 Å². The van der Waals surface area contributed by atoms with Crippen molar-refractivity contribution in [1.29, 1.82) is 0 Å². The van der Waals surface area contributed by atoms with Crippen LogP contribution >= 0.6 is 11.3 Å². The van der Waals surface area contributed by atoms with E-state index in [0.29, 0.717) is 17.0 Å². The van der Waals surface area contributed by atoms with Crippen molar-refractivity contribution in [1.82, 2.24) is 0 Å². The molecule has 7 heteroatoms. The summed E-state index contributed by atoms with van der Waals surface area (Å²) in [6.45, 7) is 5.76. The molecule has 0 radical (unpaired) electrons. The highest BCUT2D eigenvalue weighted by Crippen LogP contribution is 2.31. The number of rotatable bonds is 5. The number of amides is 2. The van der Waals surface area contributed by atoms with Gasteiger partial charge in [-0.2, -0.15) is 0 Å². The topological polar surface area (TPSA) is 87.3 Å². The van der Waals surface area contributed by atoms with Crippen molar-refractivity contribution >= 4 is 45.3 Å². The molecule has 6 nitrogen and oxygen atoms in total. The monoisotopic (exact) mass is 371 g/mol. The first kappa shape index (κ1) is 18.1. The minimum atomic E-state index is -0.658. The van der Waals surface area contributed by atoms with E-state index in [4.69, 9.17) is 0 Å². The molecule has 0 spiro atoms. The summed E-state index contributed by atoms with van der Waals surface area (Å²) in [5.74, 6) is -0.570. The van der Waals surface area contributed by atoms with Gasteiger partial charge in [0.05, 0.1) is 23.4 Å². The maximum absolute atomic E-state index is 12.4. The smallest absolute Gasteiger partial charge is 0.247 e. The first-order valence-electron chi connectivity index (χ1n) is 8.48. The zero-order valence-electron chi connectivity index (χ0n) is 14.9. The lowest BCUT2D eigenvalue weighted by Gasteiger charge is -2.27. The number of carbonyl (C=O) groups excluding carboxylic acids is 3. The van der Waals surface area contributed by atoms with Gasteiger partial charge in [0.25, 0.3) is 0 Å². The summed E-state index contributed by atoms with van der Waals surface area (Å²) in [4.78, 5) is 36.6. The summed E-state index contributed by atoms with van der Waals surface area (Å²) in [6.07, 6.45) is 0.359. The molecule has 3 rings (SSSR count). The second kappa shape index (κ2) is 7.29. The summed E-state index contributed by atoms with van der Waals surface area (Å²) >= 11 is 1.30. The fourth-order valence-corrected chi connectivity index (χ4v) is 3.66. The second-order valence-electron chi connectivity index (χ2n) is 6.36. The van der Waals surface area contributed by atoms with Crippen LogP contribution in [0.4, 0.5) is 16.4 Å². The lowest BCUT2D eigenvalue weighted by molar-refractivity contribution is -0.122. The number of nitrogens with one attached hydrogen (secondary N) is 3. The molecule has 136 valence electrons. The average Bonchev–Trinajstić information content (AvgIpc) is 3.04. The molecule has 1 aliphatic rings. The van der Waals surface area contributed by atoms with E-state index in [9.17, 15) is 14.4 Å². The summed E-state index contributed by atoms with van der Waals surface area (Å²) in [7, 11) is 0. The van der Waals surface area contributed by atoms with Crippen LogP contribution in [0.5, 0.6) is 0 Å². The molecule has 26 heavy (non-hydrogen) atoms. The summed E-state index contributed by atoms with van der Waals surface area (Å²) < 4.78 is 0. The van der Waals surface area contributed by atoms with E-state index in [1.54, 1.807) is 18.4 Å². The van der Waals surface area contributed by atoms with Crippen molar-refractivity contribution < 1.29 is 14.4 Å². The number of hydrogen-bond acceptors (Lipinski definition) is 5. The van der Waals surface area contributed by atoms with Gasteiger partial charge in [-0.3, -0.25) is 14.4 Å². The highest BCUT2D eigenvalue weighted by Gasteiger charge is 2.28. The van der Waals surface area contributed by atoms with Gasteiger partial charge >= 0.3 is 0 Å². The molecule has 2 amide bonds. The van der Waals surface area contributed by atoms with Crippen molar-refractivity contribution in [3.63, 3.8) is 0 Å². The molecule has 0 fully saturated rings. The zero-order chi connectivity index (χ0) is 18.8. The molecule has 1 aromatic carbocycles. The van der Waals surface area contributed by atoms with Gasteiger partial charge < -0.3 is 16.0 Å². The molecule has 0 saturated heterocycles. The third-order valence-corrected chi connectivity index (χ3v) is 5.30. The van der Waals surface area contributed by atoms with Gasteiger partial charge in [-0.05, 0) is 48.6 Å². The van der Waals surface area contributed by atoms with Crippen LogP contribution in [0.2, 0.25) is 0 Å². The highest BCUT2D eigenvalue weighted by atomic mass is 32.1. The van der Waals surface area contributed by atoms with E-state index < -0.39 is 6.04 Å². The van der Waals surface area contributed by atoms with Crippen LogP contribution in [0.25, 0.3) is 0 Å². The number of anilines is 3. The minimum Gasteiger partial charge on any atom is -0.372 e. The lowest BCUT2D eigenvalue weighted by Crippen LogP contribution is -2.41. The zero-order valence-corrected chi connectivity index (χ0v) is 15.8. The molecule has 0 unspecified atom stereocenters. The number of ketones is 1. The number of thiophene rings is 1. The number of Topliss-reactive ketones (excluding diaryl/α,β-unsaturated/α-hetero) is 1. The molecule has 1 aliphatic heterocycles. The van der Waals surface area contributed by atoms with Crippen LogP contribution in [0.3, 0.4) is 0 Å². The van der Waals surface area contributed by atoms with Crippen molar-refractivity contribution in [3.8, 4) is 0 Å². The third-order valence-electron chi connectivity index (χ3n) is 4.47. The van der Waals surface area contributed by atoms with E-state index >= 15 is 0 Å². The fourth-order valence-electron chi connectivity index (χ4n) is 2.84. The van der Waals surface area contributed by atoms with Crippen LogP contribution in [-0.2, 0) is 9.59 Å². The first-order chi connectivity index (χ1) is 12.4. The van der Waals surface area contributed by atoms with Crippen LogP contribution < -0.4 is 16.0 Å². The Labute approximate surface area is 156 Å². The van der Waals surface area contributed by atoms with Crippen LogP contribution in [0.15, 0.2) is 23.6 Å². The maximum atomic E-state index is 12.4. The van der Waals surface area contributed by atoms with Crippen molar-refractivity contribution in [3.05, 3.63) is 40.3 Å². The molecule has 1 atom stereocenters. The van der Waals surface area contributed by atoms with E-state index in [0.717, 1.165) is 22.5 Å². The van der Waals surface area contributed by atoms with E-state index in [2.05, 4.69) is 16.0 Å². The Morgan fingerprint density at radius 1 is 1.19 bits per heavy atom. The quantitative estimate of drug-likeness (QED) is 0.699. The van der Waals surface area contributed by atoms with E-state index in [-0.39, 0.29) is 24.0 Å². The molecule has 2 aromatic rings. The molecular formula is C19H21N3O3S. The number of benzene rings is 1. The van der Waals surface area contributed by atoms with Crippen LogP contribution in [0, 0.1) is 13.8 Å². The number of aryl methyl sites for hydroxylation is 2. The number of hydrogen-bond donors (Lipinski definition) is 3. The van der Waals surface area contributed by atoms with Crippen molar-refractivity contribution in [2.45, 2.75) is 39.7 Å². The normalized spacial score (nSPS) is 15.7. The lowest BCUT2D eigenvalue weighted by atomic mass is 10.0. The van der Waals surface area contributed by atoms with Gasteiger partial charge in [0.1, 0.15) is 11.0 Å². The molecule has 2 heterocycles. The third kappa shape index (κ3) is 3.62. The fraction of sp³-hybridized carbons (Fsp3) is 0.316. The summed E-state index contributed by atoms with van der Waals surface area (Å²) in [5, 5.41) is 11.0. The average molecular weight is 371 g/mol. The molecule has 0 aliphatic carbocycles. The minimum absolute atomic E-state index is 0.0180. The molecule has 1 aromatic heterocycles. The predicted molar refractivity (Wildman–Crippen MR) is 104 cm³/mol. The Morgan fingerprint density at radius 3 is 2.58 bits per heavy atom. The Morgan fingerprint density at radius 2 is 1.88 bits per heavy atom.